The third-order valence-corrected chi connectivity index (χ3v) is 4.31. The van der Waals surface area contributed by atoms with Crippen LogP contribution < -0.4 is 0 Å². The largest absolute Gasteiger partial charge is 0.390 e. The highest BCUT2D eigenvalue weighted by Crippen LogP contribution is 2.33. The minimum Gasteiger partial charge on any atom is -0.390 e. The molecule has 2 heteroatoms. The zero-order valence-corrected chi connectivity index (χ0v) is 12.1. The van der Waals surface area contributed by atoms with Crippen LogP contribution in [0.25, 0.3) is 0 Å². The maximum atomic E-state index is 10.6. The summed E-state index contributed by atoms with van der Waals surface area (Å²) in [5.41, 5.74) is 2.47. The Morgan fingerprint density at radius 1 is 1.05 bits per heavy atom. The fourth-order valence-corrected chi connectivity index (χ4v) is 3.22. The zero-order chi connectivity index (χ0) is 14.7. The molecule has 1 heterocycles. The molecule has 21 heavy (non-hydrogen) atoms. The van der Waals surface area contributed by atoms with E-state index in [0.717, 1.165) is 13.1 Å². The summed E-state index contributed by atoms with van der Waals surface area (Å²) in [6, 6.07) is 20.7. The van der Waals surface area contributed by atoms with Crippen molar-refractivity contribution in [2.45, 2.75) is 24.6 Å². The molecule has 0 amide bonds. The first-order valence-corrected chi connectivity index (χ1v) is 7.43. The van der Waals surface area contributed by atoms with Crippen molar-refractivity contribution in [2.24, 2.45) is 0 Å². The molecule has 0 spiro atoms. The van der Waals surface area contributed by atoms with Gasteiger partial charge in [-0.3, -0.25) is 4.90 Å². The molecule has 0 radical (unpaired) electrons. The minimum atomic E-state index is -0.395. The number of aliphatic hydroxyl groups is 1. The fraction of sp³-hybridized carbons (Fsp3) is 0.263. The molecule has 1 fully saturated rings. The van der Waals surface area contributed by atoms with Crippen LogP contribution in [0, 0.1) is 0 Å². The van der Waals surface area contributed by atoms with E-state index >= 15 is 0 Å². The van der Waals surface area contributed by atoms with Crippen LogP contribution in [0.5, 0.6) is 0 Å². The molecule has 1 aliphatic rings. The Hall–Kier alpha value is -1.90. The average Bonchev–Trinajstić information content (AvgIpc) is 2.85. The molecule has 2 aromatic carbocycles. The maximum Gasteiger partial charge on any atom is 0.0811 e. The van der Waals surface area contributed by atoms with Gasteiger partial charge in [0.15, 0.2) is 0 Å². The predicted octanol–water partition coefficient (Wildman–Crippen LogP) is 3.20. The lowest BCUT2D eigenvalue weighted by molar-refractivity contribution is 0.130. The van der Waals surface area contributed by atoms with Crippen LogP contribution in [-0.2, 0) is 6.54 Å². The number of rotatable bonds is 4. The second kappa shape index (κ2) is 6.25. The van der Waals surface area contributed by atoms with Crippen LogP contribution in [0.2, 0.25) is 0 Å². The van der Waals surface area contributed by atoms with Gasteiger partial charge in [-0.2, -0.15) is 0 Å². The van der Waals surface area contributed by atoms with Crippen LogP contribution in [-0.4, -0.2) is 28.7 Å². The summed E-state index contributed by atoms with van der Waals surface area (Å²) in [7, 11) is 0. The van der Waals surface area contributed by atoms with Crippen molar-refractivity contribution in [2.75, 3.05) is 6.54 Å². The summed E-state index contributed by atoms with van der Waals surface area (Å²) < 4.78 is 0. The Labute approximate surface area is 126 Å². The van der Waals surface area contributed by atoms with E-state index in [4.69, 9.17) is 0 Å². The Kier molecular flexibility index (Phi) is 4.18. The summed E-state index contributed by atoms with van der Waals surface area (Å²) in [4.78, 5) is 2.31. The average molecular weight is 279 g/mol. The van der Waals surface area contributed by atoms with E-state index in [1.807, 2.05) is 30.3 Å². The monoisotopic (exact) mass is 279 g/mol. The first-order valence-electron chi connectivity index (χ1n) is 7.43. The molecular weight excluding hydrogens is 258 g/mol. The van der Waals surface area contributed by atoms with Crippen molar-refractivity contribution in [1.82, 2.24) is 4.90 Å². The normalized spacial score (nSPS) is 25.9. The van der Waals surface area contributed by atoms with Gasteiger partial charge >= 0.3 is 0 Å². The van der Waals surface area contributed by atoms with E-state index in [2.05, 4.69) is 47.9 Å². The summed E-state index contributed by atoms with van der Waals surface area (Å²) in [5, 5.41) is 10.6. The molecule has 0 aliphatic carbocycles. The van der Waals surface area contributed by atoms with E-state index in [1.165, 1.54) is 11.1 Å². The Balaban J connectivity index is 1.80. The lowest BCUT2D eigenvalue weighted by Crippen LogP contribution is -2.32. The van der Waals surface area contributed by atoms with Gasteiger partial charge < -0.3 is 5.11 Å². The van der Waals surface area contributed by atoms with Crippen LogP contribution in [0.4, 0.5) is 0 Å². The number of hydrogen-bond donors (Lipinski definition) is 1. The molecule has 1 N–H and O–H groups in total. The quantitative estimate of drug-likeness (QED) is 0.869. The number of likely N-dealkylation sites (tertiary alicyclic amines) is 1. The van der Waals surface area contributed by atoms with E-state index < -0.39 is 6.10 Å². The molecule has 108 valence electrons. The smallest absolute Gasteiger partial charge is 0.0811 e. The van der Waals surface area contributed by atoms with Gasteiger partial charge in [-0.15, -0.1) is 6.58 Å². The van der Waals surface area contributed by atoms with Crippen LogP contribution >= 0.6 is 0 Å². The summed E-state index contributed by atoms with van der Waals surface area (Å²) in [6.07, 6.45) is 1.48. The third-order valence-electron chi connectivity index (χ3n) is 4.31. The highest BCUT2D eigenvalue weighted by molar-refractivity contribution is 5.26. The molecule has 3 atom stereocenters. The van der Waals surface area contributed by atoms with Gasteiger partial charge in [-0.1, -0.05) is 66.7 Å². The molecule has 0 aromatic heterocycles. The third kappa shape index (κ3) is 2.92. The minimum absolute atomic E-state index is 0.00964. The van der Waals surface area contributed by atoms with Crippen molar-refractivity contribution in [3.63, 3.8) is 0 Å². The molecule has 3 rings (SSSR count). The summed E-state index contributed by atoms with van der Waals surface area (Å²) in [6.45, 7) is 5.61. The zero-order valence-electron chi connectivity index (χ0n) is 12.1. The van der Waals surface area contributed by atoms with Crippen LogP contribution in [0.1, 0.15) is 17.0 Å². The van der Waals surface area contributed by atoms with Crippen molar-refractivity contribution in [1.29, 1.82) is 0 Å². The van der Waals surface area contributed by atoms with Crippen LogP contribution in [0.15, 0.2) is 73.3 Å². The number of aliphatic hydroxyl groups excluding tert-OH is 1. The van der Waals surface area contributed by atoms with Crippen LogP contribution in [0.3, 0.4) is 0 Å². The van der Waals surface area contributed by atoms with Gasteiger partial charge in [0.1, 0.15) is 0 Å². The Morgan fingerprint density at radius 3 is 2.29 bits per heavy atom. The molecule has 0 unspecified atom stereocenters. The highest BCUT2D eigenvalue weighted by atomic mass is 16.3. The Bertz CT molecular complexity index is 581. The second-order valence-corrected chi connectivity index (χ2v) is 5.65. The molecule has 2 nitrogen and oxygen atoms in total. The molecule has 0 saturated carbocycles. The van der Waals surface area contributed by atoms with Crippen molar-refractivity contribution in [3.05, 3.63) is 84.4 Å². The molecule has 0 bridgehead atoms. The van der Waals surface area contributed by atoms with E-state index in [9.17, 15) is 5.11 Å². The topological polar surface area (TPSA) is 23.5 Å². The van der Waals surface area contributed by atoms with Crippen molar-refractivity contribution >= 4 is 0 Å². The standard InChI is InChI=1S/C19H21NO/c1-2-18-19(21)17(16-11-7-4-8-12-16)14-20(18)13-15-9-5-3-6-10-15/h2-12,17-19,21H,1,13-14H2/t17-,18+,19-/m1/s1. The SMILES string of the molecule is C=C[C@H]1[C@H](O)[C@@H](c2ccccc2)CN1Cc1ccccc1. The molecule has 1 saturated heterocycles. The first-order chi connectivity index (χ1) is 10.3. The van der Waals surface area contributed by atoms with Gasteiger partial charge in [0.05, 0.1) is 12.1 Å². The van der Waals surface area contributed by atoms with E-state index in [0.29, 0.717) is 0 Å². The lowest BCUT2D eigenvalue weighted by atomic mass is 9.94. The lowest BCUT2D eigenvalue weighted by Gasteiger charge is -2.22. The van der Waals surface area contributed by atoms with E-state index in [1.54, 1.807) is 0 Å². The Morgan fingerprint density at radius 2 is 1.67 bits per heavy atom. The number of benzene rings is 2. The maximum absolute atomic E-state index is 10.6. The van der Waals surface area contributed by atoms with Gasteiger partial charge in [-0.25, -0.2) is 0 Å². The van der Waals surface area contributed by atoms with Gasteiger partial charge in [0.25, 0.3) is 0 Å². The van der Waals surface area contributed by atoms with Crippen molar-refractivity contribution in [3.8, 4) is 0 Å². The predicted molar refractivity (Wildman–Crippen MR) is 86.0 cm³/mol. The molecule has 1 aliphatic heterocycles. The van der Waals surface area contributed by atoms with Gasteiger partial charge in [0, 0.05) is 19.0 Å². The molecular formula is C19H21NO. The summed E-state index contributed by atoms with van der Waals surface area (Å²) >= 11 is 0. The summed E-state index contributed by atoms with van der Waals surface area (Å²) in [5.74, 6) is 0.151. The fourth-order valence-electron chi connectivity index (χ4n) is 3.22. The number of nitrogens with zero attached hydrogens (tertiary/aromatic N) is 1. The van der Waals surface area contributed by atoms with Gasteiger partial charge in [-0.05, 0) is 11.1 Å². The van der Waals surface area contributed by atoms with E-state index in [-0.39, 0.29) is 12.0 Å². The first kappa shape index (κ1) is 14.1. The highest BCUT2D eigenvalue weighted by Gasteiger charge is 2.39. The second-order valence-electron chi connectivity index (χ2n) is 5.65. The van der Waals surface area contributed by atoms with Gasteiger partial charge in [0.2, 0.25) is 0 Å². The van der Waals surface area contributed by atoms with Crippen molar-refractivity contribution < 1.29 is 5.11 Å². The number of hydrogen-bond acceptors (Lipinski definition) is 2. The molecule has 2 aromatic rings.